The van der Waals surface area contributed by atoms with E-state index in [1.165, 1.54) is 12.1 Å². The quantitative estimate of drug-likeness (QED) is 0.520. The zero-order valence-corrected chi connectivity index (χ0v) is 21.4. The summed E-state index contributed by atoms with van der Waals surface area (Å²) in [5, 5.41) is 10.3. The van der Waals surface area contributed by atoms with Gasteiger partial charge in [-0.3, -0.25) is 14.5 Å². The lowest BCUT2D eigenvalue weighted by atomic mass is 9.75. The normalized spacial score (nSPS) is 17.7. The molecule has 1 N–H and O–H groups in total. The first-order valence-electron chi connectivity index (χ1n) is 13.3. The number of carboxylic acids is 1. The SMILES string of the molecule is CCN(C(=O)N1CCC(CC(=O)N(c2ccccc2)C2CCCCC2)(C(=O)O)CC1)c1ccc(F)cc1. The average molecular weight is 510 g/mol. The molecule has 1 aliphatic heterocycles. The number of hydrogen-bond acceptors (Lipinski definition) is 3. The van der Waals surface area contributed by atoms with E-state index in [0.29, 0.717) is 12.2 Å². The van der Waals surface area contributed by atoms with Crippen molar-refractivity contribution in [2.45, 2.75) is 64.3 Å². The molecule has 37 heavy (non-hydrogen) atoms. The van der Waals surface area contributed by atoms with Crippen molar-refractivity contribution in [3.63, 3.8) is 0 Å². The Morgan fingerprint density at radius 1 is 0.946 bits per heavy atom. The van der Waals surface area contributed by atoms with Crippen LogP contribution >= 0.6 is 0 Å². The number of nitrogens with zero attached hydrogens (tertiary/aromatic N) is 3. The summed E-state index contributed by atoms with van der Waals surface area (Å²) in [7, 11) is 0. The molecule has 0 bridgehead atoms. The van der Waals surface area contributed by atoms with Gasteiger partial charge in [0.05, 0.1) is 5.41 Å². The summed E-state index contributed by atoms with van der Waals surface area (Å²) in [6.07, 6.45) is 5.42. The number of anilines is 2. The van der Waals surface area contributed by atoms with Crippen LogP contribution in [0.2, 0.25) is 0 Å². The number of carbonyl (C=O) groups is 3. The zero-order chi connectivity index (χ0) is 26.4. The third-order valence-electron chi connectivity index (χ3n) is 7.86. The molecule has 3 amide bonds. The van der Waals surface area contributed by atoms with Crippen LogP contribution in [0.25, 0.3) is 0 Å². The van der Waals surface area contributed by atoms with Crippen LogP contribution in [-0.4, -0.2) is 53.6 Å². The van der Waals surface area contributed by atoms with Gasteiger partial charge in [-0.1, -0.05) is 37.5 Å². The molecule has 1 heterocycles. The first-order chi connectivity index (χ1) is 17.8. The number of piperidine rings is 1. The van der Waals surface area contributed by atoms with Crippen LogP contribution in [0.4, 0.5) is 20.6 Å². The van der Waals surface area contributed by atoms with Crippen LogP contribution < -0.4 is 9.80 Å². The fourth-order valence-electron chi connectivity index (χ4n) is 5.67. The number of amides is 3. The number of benzene rings is 2. The third-order valence-corrected chi connectivity index (χ3v) is 7.86. The standard InChI is InChI=1S/C29H36FN3O4/c1-2-32(23-15-13-22(30)14-16-23)28(37)31-19-17-29(18-20-31,27(35)36)21-26(34)33(24-9-5-3-6-10-24)25-11-7-4-8-12-25/h3,5-6,9-10,13-16,25H,2,4,7-8,11-12,17-21H2,1H3,(H,35,36). The molecule has 2 fully saturated rings. The number of carbonyl (C=O) groups excluding carboxylic acids is 2. The molecule has 2 aromatic rings. The topological polar surface area (TPSA) is 81.2 Å². The van der Waals surface area contributed by atoms with E-state index in [1.54, 1.807) is 21.9 Å². The number of hydrogen-bond donors (Lipinski definition) is 1. The van der Waals surface area contributed by atoms with Gasteiger partial charge in [0.1, 0.15) is 5.82 Å². The lowest BCUT2D eigenvalue weighted by molar-refractivity contribution is -0.154. The number of urea groups is 1. The molecule has 0 spiro atoms. The number of rotatable bonds is 7. The molecule has 0 atom stereocenters. The molecule has 198 valence electrons. The van der Waals surface area contributed by atoms with Crippen molar-refractivity contribution >= 4 is 29.3 Å². The van der Waals surface area contributed by atoms with Gasteiger partial charge in [-0.15, -0.1) is 0 Å². The molecule has 7 nitrogen and oxygen atoms in total. The summed E-state index contributed by atoms with van der Waals surface area (Å²) in [5.74, 6) is -1.53. The first kappa shape index (κ1) is 26.6. The molecule has 0 unspecified atom stereocenters. The van der Waals surface area contributed by atoms with Gasteiger partial charge in [0.2, 0.25) is 5.91 Å². The van der Waals surface area contributed by atoms with Crippen LogP contribution in [0.15, 0.2) is 54.6 Å². The van der Waals surface area contributed by atoms with Gasteiger partial charge in [-0.2, -0.15) is 0 Å². The van der Waals surface area contributed by atoms with E-state index < -0.39 is 11.4 Å². The molecular formula is C29H36FN3O4. The van der Waals surface area contributed by atoms with E-state index >= 15 is 0 Å². The lowest BCUT2D eigenvalue weighted by Gasteiger charge is -2.42. The first-order valence-corrected chi connectivity index (χ1v) is 13.3. The smallest absolute Gasteiger partial charge is 0.324 e. The van der Waals surface area contributed by atoms with Crippen LogP contribution in [0.1, 0.15) is 58.3 Å². The van der Waals surface area contributed by atoms with Crippen LogP contribution in [-0.2, 0) is 9.59 Å². The summed E-state index contributed by atoms with van der Waals surface area (Å²) in [6.45, 7) is 2.72. The zero-order valence-electron chi connectivity index (χ0n) is 21.4. The monoisotopic (exact) mass is 509 g/mol. The Labute approximate surface area is 217 Å². The van der Waals surface area contributed by atoms with Crippen molar-refractivity contribution < 1.29 is 23.9 Å². The number of carboxylic acid groups (broad SMARTS) is 1. The van der Waals surface area contributed by atoms with Crippen LogP contribution in [0, 0.1) is 11.2 Å². The van der Waals surface area contributed by atoms with Gasteiger partial charge < -0.3 is 14.9 Å². The van der Waals surface area contributed by atoms with E-state index in [0.717, 1.165) is 37.8 Å². The fraction of sp³-hybridized carbons (Fsp3) is 0.483. The minimum absolute atomic E-state index is 0.0741. The summed E-state index contributed by atoms with van der Waals surface area (Å²) in [6, 6.07) is 15.1. The predicted molar refractivity (Wildman–Crippen MR) is 141 cm³/mol. The summed E-state index contributed by atoms with van der Waals surface area (Å²) in [4.78, 5) is 44.6. The van der Waals surface area contributed by atoms with E-state index in [1.807, 2.05) is 42.2 Å². The Hall–Kier alpha value is -3.42. The Bertz CT molecular complexity index is 1080. The van der Waals surface area contributed by atoms with Gasteiger partial charge in [0.25, 0.3) is 0 Å². The molecular weight excluding hydrogens is 473 g/mol. The number of halogens is 1. The van der Waals surface area contributed by atoms with Crippen molar-refractivity contribution in [3.05, 3.63) is 60.4 Å². The number of para-hydroxylation sites is 1. The molecule has 8 heteroatoms. The maximum atomic E-state index is 13.7. The van der Waals surface area contributed by atoms with Gasteiger partial charge in [0, 0.05) is 43.5 Å². The molecule has 0 radical (unpaired) electrons. The second-order valence-electron chi connectivity index (χ2n) is 10.1. The minimum atomic E-state index is -1.22. The van der Waals surface area contributed by atoms with Gasteiger partial charge in [-0.05, 0) is 69.0 Å². The maximum absolute atomic E-state index is 13.7. The second-order valence-corrected chi connectivity index (χ2v) is 10.1. The van der Waals surface area contributed by atoms with E-state index in [2.05, 4.69) is 0 Å². The number of aliphatic carboxylic acids is 1. The van der Waals surface area contributed by atoms with Crippen LogP contribution in [0.5, 0.6) is 0 Å². The Morgan fingerprint density at radius 3 is 2.14 bits per heavy atom. The minimum Gasteiger partial charge on any atom is -0.481 e. The third kappa shape index (κ3) is 5.95. The average Bonchev–Trinajstić information content (AvgIpc) is 2.92. The summed E-state index contributed by atoms with van der Waals surface area (Å²) in [5.41, 5.74) is 0.179. The summed E-state index contributed by atoms with van der Waals surface area (Å²) >= 11 is 0. The molecule has 1 saturated carbocycles. The highest BCUT2D eigenvalue weighted by Crippen LogP contribution is 2.38. The highest BCUT2D eigenvalue weighted by atomic mass is 19.1. The molecule has 1 saturated heterocycles. The molecule has 1 aliphatic carbocycles. The molecule has 2 aromatic carbocycles. The van der Waals surface area contributed by atoms with Gasteiger partial charge in [0.15, 0.2) is 0 Å². The van der Waals surface area contributed by atoms with Crippen molar-refractivity contribution in [1.29, 1.82) is 0 Å². The van der Waals surface area contributed by atoms with Crippen molar-refractivity contribution in [1.82, 2.24) is 4.90 Å². The second kappa shape index (κ2) is 11.8. The molecule has 0 aromatic heterocycles. The van der Waals surface area contributed by atoms with Crippen molar-refractivity contribution in [2.24, 2.45) is 5.41 Å². The molecule has 4 rings (SSSR count). The van der Waals surface area contributed by atoms with Gasteiger partial charge >= 0.3 is 12.0 Å². The predicted octanol–water partition coefficient (Wildman–Crippen LogP) is 5.69. The van der Waals surface area contributed by atoms with E-state index in [4.69, 9.17) is 0 Å². The highest BCUT2D eigenvalue weighted by Gasteiger charge is 2.46. The van der Waals surface area contributed by atoms with Gasteiger partial charge in [-0.25, -0.2) is 9.18 Å². The Morgan fingerprint density at radius 2 is 1.57 bits per heavy atom. The lowest BCUT2D eigenvalue weighted by Crippen LogP contribution is -2.53. The van der Waals surface area contributed by atoms with Crippen molar-refractivity contribution in [2.75, 3.05) is 29.4 Å². The highest BCUT2D eigenvalue weighted by molar-refractivity contribution is 5.97. The summed E-state index contributed by atoms with van der Waals surface area (Å²) < 4.78 is 13.4. The van der Waals surface area contributed by atoms with Crippen molar-refractivity contribution in [3.8, 4) is 0 Å². The largest absolute Gasteiger partial charge is 0.481 e. The molecule has 2 aliphatic rings. The number of likely N-dealkylation sites (tertiary alicyclic amines) is 1. The van der Waals surface area contributed by atoms with E-state index in [9.17, 15) is 23.9 Å². The fourth-order valence-corrected chi connectivity index (χ4v) is 5.67. The Kier molecular flexibility index (Phi) is 8.46. The van der Waals surface area contributed by atoms with Crippen LogP contribution in [0.3, 0.4) is 0 Å². The Balaban J connectivity index is 1.48. The van der Waals surface area contributed by atoms with E-state index in [-0.39, 0.29) is 56.1 Å². The maximum Gasteiger partial charge on any atom is 0.324 e.